The van der Waals surface area contributed by atoms with E-state index in [1.807, 2.05) is 74.5 Å². The van der Waals surface area contributed by atoms with E-state index in [-0.39, 0.29) is 11.4 Å². The molecule has 2 aromatic carbocycles. The van der Waals surface area contributed by atoms with Crippen molar-refractivity contribution in [2.24, 2.45) is 0 Å². The van der Waals surface area contributed by atoms with E-state index in [2.05, 4.69) is 14.8 Å². The van der Waals surface area contributed by atoms with Gasteiger partial charge in [0.05, 0.1) is 10.6 Å². The van der Waals surface area contributed by atoms with Gasteiger partial charge < -0.3 is 0 Å². The Hall–Kier alpha value is -3.29. The van der Waals surface area contributed by atoms with Crippen LogP contribution in [0.4, 0.5) is 0 Å². The summed E-state index contributed by atoms with van der Waals surface area (Å²) in [6.45, 7) is 4.05. The minimum absolute atomic E-state index is 0.149. The second kappa shape index (κ2) is 8.22. The fraction of sp³-hybridized carbons (Fsp3) is 0.130. The Morgan fingerprint density at radius 2 is 1.67 bits per heavy atom. The molecule has 2 heterocycles. The third-order valence-corrected chi connectivity index (χ3v) is 6.22. The lowest BCUT2D eigenvalue weighted by Crippen LogP contribution is -2.24. The molecule has 0 aliphatic rings. The molecule has 4 rings (SSSR count). The van der Waals surface area contributed by atoms with Gasteiger partial charge in [0.1, 0.15) is 0 Å². The minimum atomic E-state index is -3.70. The molecule has 0 aliphatic carbocycles. The molecule has 0 saturated heterocycles. The largest absolute Gasteiger partial charge is 0.241 e. The van der Waals surface area contributed by atoms with Crippen LogP contribution in [0.3, 0.4) is 0 Å². The van der Waals surface area contributed by atoms with E-state index in [4.69, 9.17) is 0 Å². The summed E-state index contributed by atoms with van der Waals surface area (Å²) < 4.78 is 30.4. The molecule has 2 aromatic heterocycles. The molecule has 0 saturated carbocycles. The smallest absolute Gasteiger partial charge is 0.237 e. The Morgan fingerprint density at radius 3 is 2.33 bits per heavy atom. The summed E-state index contributed by atoms with van der Waals surface area (Å²) in [4.78, 5) is 4.68. The van der Waals surface area contributed by atoms with Crippen molar-refractivity contribution in [3.8, 4) is 16.9 Å². The number of aryl methyl sites for hydroxylation is 2. The van der Waals surface area contributed by atoms with Gasteiger partial charge in [0.2, 0.25) is 10.0 Å². The number of hydrogen-bond donors (Lipinski definition) is 1. The lowest BCUT2D eigenvalue weighted by Gasteiger charge is -2.12. The molecule has 0 bridgehead atoms. The predicted octanol–water partition coefficient (Wildman–Crippen LogP) is 4.03. The van der Waals surface area contributed by atoms with E-state index in [9.17, 15) is 8.42 Å². The van der Waals surface area contributed by atoms with Crippen LogP contribution in [0.25, 0.3) is 16.9 Å². The van der Waals surface area contributed by atoms with Crippen molar-refractivity contribution in [3.63, 3.8) is 0 Å². The first-order valence-electron chi connectivity index (χ1n) is 9.57. The van der Waals surface area contributed by atoms with E-state index < -0.39 is 10.0 Å². The summed E-state index contributed by atoms with van der Waals surface area (Å²) >= 11 is 0. The molecule has 0 spiro atoms. The summed E-state index contributed by atoms with van der Waals surface area (Å²) in [7, 11) is -3.70. The Labute approximate surface area is 176 Å². The summed E-state index contributed by atoms with van der Waals surface area (Å²) in [5, 5.41) is 4.42. The van der Waals surface area contributed by atoms with Crippen molar-refractivity contribution >= 4 is 10.0 Å². The number of benzene rings is 2. The van der Waals surface area contributed by atoms with E-state index >= 15 is 0 Å². The maximum Gasteiger partial charge on any atom is 0.241 e. The van der Waals surface area contributed by atoms with Gasteiger partial charge in [-0.3, -0.25) is 0 Å². The SMILES string of the molecule is Cc1cc(C)n(-c2ccc(CNS(=O)(=O)c3ccccc3-c3ccccc3)cn2)n1. The van der Waals surface area contributed by atoms with Gasteiger partial charge >= 0.3 is 0 Å². The maximum atomic E-state index is 13.0. The second-order valence-electron chi connectivity index (χ2n) is 7.05. The highest BCUT2D eigenvalue weighted by atomic mass is 32.2. The summed E-state index contributed by atoms with van der Waals surface area (Å²) in [6.07, 6.45) is 1.66. The van der Waals surface area contributed by atoms with Gasteiger partial charge in [0.15, 0.2) is 5.82 Å². The zero-order valence-electron chi connectivity index (χ0n) is 16.8. The van der Waals surface area contributed by atoms with Gasteiger partial charge in [-0.2, -0.15) is 5.10 Å². The van der Waals surface area contributed by atoms with Crippen molar-refractivity contribution in [2.75, 3.05) is 0 Å². The lowest BCUT2D eigenvalue weighted by atomic mass is 10.1. The molecule has 0 atom stereocenters. The fourth-order valence-electron chi connectivity index (χ4n) is 3.32. The Kier molecular flexibility index (Phi) is 5.48. The average Bonchev–Trinajstić information content (AvgIpc) is 3.11. The zero-order chi connectivity index (χ0) is 21.1. The Morgan fingerprint density at radius 1 is 0.933 bits per heavy atom. The average molecular weight is 419 g/mol. The first-order valence-corrected chi connectivity index (χ1v) is 11.0. The number of pyridine rings is 1. The van der Waals surface area contributed by atoms with Crippen LogP contribution in [0.15, 0.2) is 83.9 Å². The molecule has 7 heteroatoms. The van der Waals surface area contributed by atoms with Gasteiger partial charge in [-0.25, -0.2) is 22.8 Å². The quantitative estimate of drug-likeness (QED) is 0.513. The molecule has 152 valence electrons. The number of rotatable bonds is 6. The number of sulfonamides is 1. The van der Waals surface area contributed by atoms with Crippen LogP contribution in [0.1, 0.15) is 17.0 Å². The zero-order valence-corrected chi connectivity index (χ0v) is 17.6. The topological polar surface area (TPSA) is 76.9 Å². The van der Waals surface area contributed by atoms with Gasteiger partial charge in [-0.15, -0.1) is 0 Å². The first kappa shape index (κ1) is 20.0. The Balaban J connectivity index is 1.54. The van der Waals surface area contributed by atoms with Crippen molar-refractivity contribution in [2.45, 2.75) is 25.3 Å². The third-order valence-electron chi connectivity index (χ3n) is 4.76. The standard InChI is InChI=1S/C23H22N4O2S/c1-17-14-18(2)27(26-17)23-13-12-19(15-24-23)16-25-30(28,29)22-11-7-6-10-21(22)20-8-4-3-5-9-20/h3-15,25H,16H2,1-2H3. The van der Waals surface area contributed by atoms with Crippen LogP contribution in [0.2, 0.25) is 0 Å². The third kappa shape index (κ3) is 4.17. The highest BCUT2D eigenvalue weighted by molar-refractivity contribution is 7.89. The molecular weight excluding hydrogens is 396 g/mol. The molecule has 0 unspecified atom stereocenters. The van der Waals surface area contributed by atoms with E-state index in [1.165, 1.54) is 0 Å². The summed E-state index contributed by atoms with van der Waals surface area (Å²) in [5.41, 5.74) is 4.20. The van der Waals surface area contributed by atoms with Crippen molar-refractivity contribution in [1.29, 1.82) is 0 Å². The number of nitrogens with zero attached hydrogens (tertiary/aromatic N) is 3. The van der Waals surface area contributed by atoms with Crippen LogP contribution in [0.5, 0.6) is 0 Å². The van der Waals surface area contributed by atoms with Gasteiger partial charge in [0.25, 0.3) is 0 Å². The molecule has 0 fully saturated rings. The van der Waals surface area contributed by atoms with Crippen LogP contribution < -0.4 is 4.72 Å². The molecule has 0 radical (unpaired) electrons. The van der Waals surface area contributed by atoms with E-state index in [0.29, 0.717) is 11.4 Å². The molecular formula is C23H22N4O2S. The normalized spacial score (nSPS) is 11.5. The number of aromatic nitrogens is 3. The summed E-state index contributed by atoms with van der Waals surface area (Å²) in [5.74, 6) is 0.696. The summed E-state index contributed by atoms with van der Waals surface area (Å²) in [6, 6.07) is 22.1. The predicted molar refractivity (Wildman–Crippen MR) is 117 cm³/mol. The minimum Gasteiger partial charge on any atom is -0.237 e. The van der Waals surface area contributed by atoms with Crippen molar-refractivity contribution in [1.82, 2.24) is 19.5 Å². The molecule has 30 heavy (non-hydrogen) atoms. The van der Waals surface area contributed by atoms with Gasteiger partial charge in [-0.05, 0) is 43.2 Å². The van der Waals surface area contributed by atoms with Crippen LogP contribution in [0, 0.1) is 13.8 Å². The van der Waals surface area contributed by atoms with E-state index in [0.717, 1.165) is 22.5 Å². The maximum absolute atomic E-state index is 13.0. The molecule has 0 aliphatic heterocycles. The monoisotopic (exact) mass is 418 g/mol. The molecule has 6 nitrogen and oxygen atoms in total. The van der Waals surface area contributed by atoms with Crippen molar-refractivity contribution in [3.05, 3.63) is 95.9 Å². The van der Waals surface area contributed by atoms with Crippen molar-refractivity contribution < 1.29 is 8.42 Å². The van der Waals surface area contributed by atoms with Crippen LogP contribution in [-0.2, 0) is 16.6 Å². The first-order chi connectivity index (χ1) is 14.4. The second-order valence-corrected chi connectivity index (χ2v) is 8.79. The van der Waals surface area contributed by atoms with Gasteiger partial charge in [-0.1, -0.05) is 54.6 Å². The highest BCUT2D eigenvalue weighted by Gasteiger charge is 2.18. The fourth-order valence-corrected chi connectivity index (χ4v) is 4.57. The van der Waals surface area contributed by atoms with Crippen LogP contribution >= 0.6 is 0 Å². The highest BCUT2D eigenvalue weighted by Crippen LogP contribution is 2.27. The number of nitrogens with one attached hydrogen (secondary N) is 1. The molecule has 0 amide bonds. The number of hydrogen-bond acceptors (Lipinski definition) is 4. The van der Waals surface area contributed by atoms with Gasteiger partial charge in [0, 0.05) is 24.0 Å². The molecule has 1 N–H and O–H groups in total. The molecule has 4 aromatic rings. The lowest BCUT2D eigenvalue weighted by molar-refractivity contribution is 0.581. The van der Waals surface area contributed by atoms with Crippen LogP contribution in [-0.4, -0.2) is 23.2 Å². The Bertz CT molecular complexity index is 1260. The van der Waals surface area contributed by atoms with E-state index in [1.54, 1.807) is 23.0 Å².